The van der Waals surface area contributed by atoms with Crippen LogP contribution in [0.5, 0.6) is 11.5 Å². The van der Waals surface area contributed by atoms with Crippen molar-refractivity contribution in [3.05, 3.63) is 54.1 Å². The summed E-state index contributed by atoms with van der Waals surface area (Å²) in [7, 11) is -1.45. The molecule has 0 aromatic heterocycles. The Hall–Kier alpha value is -1.98. The Morgan fingerprint density at radius 2 is 1.67 bits per heavy atom. The minimum Gasteiger partial charge on any atom is -0.493 e. The van der Waals surface area contributed by atoms with Gasteiger partial charge in [-0.1, -0.05) is 30.3 Å². The van der Waals surface area contributed by atoms with E-state index in [1.165, 1.54) is 0 Å². The minimum atomic E-state index is -1.45. The summed E-state index contributed by atoms with van der Waals surface area (Å²) in [5, 5.41) is 18.2. The van der Waals surface area contributed by atoms with Crippen LogP contribution in [0, 0.1) is 6.92 Å². The maximum Gasteiger partial charge on any atom is 0.488 e. The first-order valence-corrected chi connectivity index (χ1v) is 6.94. The van der Waals surface area contributed by atoms with Crippen molar-refractivity contribution < 1.29 is 19.5 Å². The van der Waals surface area contributed by atoms with Crippen molar-refractivity contribution in [3.63, 3.8) is 0 Å². The Labute approximate surface area is 125 Å². The molecule has 2 aromatic rings. The first-order valence-electron chi connectivity index (χ1n) is 6.94. The third-order valence-electron chi connectivity index (χ3n) is 3.06. The van der Waals surface area contributed by atoms with Crippen molar-refractivity contribution in [1.82, 2.24) is 0 Å². The molecular formula is C16H19BO4. The molecule has 2 aromatic carbocycles. The van der Waals surface area contributed by atoms with Gasteiger partial charge in [0.2, 0.25) is 0 Å². The summed E-state index contributed by atoms with van der Waals surface area (Å²) in [4.78, 5) is 0. The summed E-state index contributed by atoms with van der Waals surface area (Å²) in [5.74, 6) is 1.61. The molecule has 0 aliphatic carbocycles. The van der Waals surface area contributed by atoms with E-state index in [0.717, 1.165) is 23.5 Å². The van der Waals surface area contributed by atoms with Crippen LogP contribution >= 0.6 is 0 Å². The lowest BCUT2D eigenvalue weighted by Crippen LogP contribution is -2.29. The van der Waals surface area contributed by atoms with Crippen LogP contribution < -0.4 is 14.9 Å². The Morgan fingerprint density at radius 1 is 0.952 bits per heavy atom. The molecule has 0 spiro atoms. The van der Waals surface area contributed by atoms with Gasteiger partial charge in [-0.15, -0.1) is 0 Å². The van der Waals surface area contributed by atoms with Crippen molar-refractivity contribution in [2.75, 3.05) is 13.2 Å². The van der Waals surface area contributed by atoms with Crippen LogP contribution in [-0.4, -0.2) is 30.4 Å². The summed E-state index contributed by atoms with van der Waals surface area (Å²) >= 11 is 0. The molecule has 5 heteroatoms. The fourth-order valence-corrected chi connectivity index (χ4v) is 1.94. The molecule has 0 atom stereocenters. The predicted molar refractivity (Wildman–Crippen MR) is 83.1 cm³/mol. The van der Waals surface area contributed by atoms with Crippen molar-refractivity contribution in [1.29, 1.82) is 0 Å². The topological polar surface area (TPSA) is 58.9 Å². The number of hydrogen-bond donors (Lipinski definition) is 2. The fourth-order valence-electron chi connectivity index (χ4n) is 1.94. The molecule has 0 bridgehead atoms. The molecule has 0 amide bonds. The fraction of sp³-hybridized carbons (Fsp3) is 0.250. The smallest absolute Gasteiger partial charge is 0.488 e. The molecule has 0 fully saturated rings. The minimum absolute atomic E-state index is 0.465. The number of ether oxygens (including phenoxy) is 2. The van der Waals surface area contributed by atoms with Crippen LogP contribution in [0.15, 0.2) is 48.5 Å². The van der Waals surface area contributed by atoms with E-state index in [0.29, 0.717) is 18.7 Å². The van der Waals surface area contributed by atoms with Crippen molar-refractivity contribution >= 4 is 12.6 Å². The second-order valence-electron chi connectivity index (χ2n) is 4.76. The van der Waals surface area contributed by atoms with Gasteiger partial charge in [0.25, 0.3) is 0 Å². The predicted octanol–water partition coefficient (Wildman–Crippen LogP) is 1.52. The molecule has 2 N–H and O–H groups in total. The third-order valence-corrected chi connectivity index (χ3v) is 3.06. The van der Waals surface area contributed by atoms with Crippen LogP contribution in [0.2, 0.25) is 0 Å². The normalized spacial score (nSPS) is 10.2. The number of aryl methyl sites for hydroxylation is 1. The van der Waals surface area contributed by atoms with Gasteiger partial charge >= 0.3 is 7.12 Å². The van der Waals surface area contributed by atoms with E-state index in [4.69, 9.17) is 19.5 Å². The van der Waals surface area contributed by atoms with Gasteiger partial charge in [0.15, 0.2) is 0 Å². The average molecular weight is 286 g/mol. The standard InChI is InChI=1S/C16H19BO4/c1-13-12-14(17(18)19)8-9-16(13)21-11-5-10-20-15-6-3-2-4-7-15/h2-4,6-9,12,18-19H,5,10-11H2,1H3. The Kier molecular flexibility index (Phi) is 5.66. The van der Waals surface area contributed by atoms with Gasteiger partial charge in [0.05, 0.1) is 13.2 Å². The molecule has 0 heterocycles. The van der Waals surface area contributed by atoms with Crippen molar-refractivity contribution in [2.24, 2.45) is 0 Å². The molecule has 4 nitrogen and oxygen atoms in total. The molecule has 0 saturated carbocycles. The Bertz CT molecular complexity index is 557. The lowest BCUT2D eigenvalue weighted by molar-refractivity contribution is 0.246. The highest BCUT2D eigenvalue weighted by atomic mass is 16.5. The van der Waals surface area contributed by atoms with Gasteiger partial charge in [0.1, 0.15) is 11.5 Å². The number of benzene rings is 2. The molecule has 0 aliphatic heterocycles. The lowest BCUT2D eigenvalue weighted by Gasteiger charge is -2.11. The molecule has 2 rings (SSSR count). The van der Waals surface area contributed by atoms with E-state index in [1.54, 1.807) is 18.2 Å². The quantitative estimate of drug-likeness (QED) is 0.598. The van der Waals surface area contributed by atoms with Crippen molar-refractivity contribution in [2.45, 2.75) is 13.3 Å². The molecule has 0 unspecified atom stereocenters. The summed E-state index contributed by atoms with van der Waals surface area (Å²) in [6.07, 6.45) is 0.776. The molecule has 0 aliphatic rings. The highest BCUT2D eigenvalue weighted by molar-refractivity contribution is 6.58. The molecule has 21 heavy (non-hydrogen) atoms. The van der Waals surface area contributed by atoms with Gasteiger partial charge in [-0.25, -0.2) is 0 Å². The Morgan fingerprint density at radius 3 is 2.33 bits per heavy atom. The number of hydrogen-bond acceptors (Lipinski definition) is 4. The van der Waals surface area contributed by atoms with Crippen LogP contribution in [0.25, 0.3) is 0 Å². The average Bonchev–Trinajstić information content (AvgIpc) is 2.49. The second-order valence-corrected chi connectivity index (χ2v) is 4.76. The van der Waals surface area contributed by atoms with E-state index in [9.17, 15) is 0 Å². The number of rotatable bonds is 7. The summed E-state index contributed by atoms with van der Waals surface area (Å²) < 4.78 is 11.2. The Balaban J connectivity index is 1.74. The summed E-state index contributed by atoms with van der Waals surface area (Å²) in [6, 6.07) is 14.8. The number of para-hydroxylation sites is 1. The second kappa shape index (κ2) is 7.71. The van der Waals surface area contributed by atoms with E-state index in [2.05, 4.69) is 0 Å². The third kappa shape index (κ3) is 4.81. The van der Waals surface area contributed by atoms with Crippen molar-refractivity contribution in [3.8, 4) is 11.5 Å². The van der Waals surface area contributed by atoms with Gasteiger partial charge in [-0.3, -0.25) is 0 Å². The first kappa shape index (κ1) is 15.4. The maximum atomic E-state index is 9.09. The van der Waals surface area contributed by atoms with E-state index in [-0.39, 0.29) is 0 Å². The van der Waals surface area contributed by atoms with Gasteiger partial charge in [-0.05, 0) is 36.1 Å². The molecule has 0 saturated heterocycles. The van der Waals surface area contributed by atoms with Crippen LogP contribution in [0.3, 0.4) is 0 Å². The van der Waals surface area contributed by atoms with E-state index >= 15 is 0 Å². The van der Waals surface area contributed by atoms with Gasteiger partial charge in [0, 0.05) is 6.42 Å². The highest BCUT2D eigenvalue weighted by Gasteiger charge is 2.12. The molecular weight excluding hydrogens is 267 g/mol. The molecule has 0 radical (unpaired) electrons. The van der Waals surface area contributed by atoms with Crippen LogP contribution in [0.4, 0.5) is 0 Å². The summed E-state index contributed by atoms with van der Waals surface area (Å²) in [5.41, 5.74) is 1.34. The zero-order valence-electron chi connectivity index (χ0n) is 12.0. The largest absolute Gasteiger partial charge is 0.493 e. The van der Waals surface area contributed by atoms with Gasteiger partial charge < -0.3 is 19.5 Å². The molecule has 110 valence electrons. The highest BCUT2D eigenvalue weighted by Crippen LogP contribution is 2.16. The zero-order chi connectivity index (χ0) is 15.1. The van der Waals surface area contributed by atoms with Crippen LogP contribution in [-0.2, 0) is 0 Å². The van der Waals surface area contributed by atoms with E-state index < -0.39 is 7.12 Å². The van der Waals surface area contributed by atoms with Crippen LogP contribution in [0.1, 0.15) is 12.0 Å². The monoisotopic (exact) mass is 286 g/mol. The van der Waals surface area contributed by atoms with Gasteiger partial charge in [-0.2, -0.15) is 0 Å². The lowest BCUT2D eigenvalue weighted by atomic mass is 9.79. The zero-order valence-corrected chi connectivity index (χ0v) is 12.0. The maximum absolute atomic E-state index is 9.09. The van der Waals surface area contributed by atoms with E-state index in [1.807, 2.05) is 37.3 Å². The SMILES string of the molecule is Cc1cc(B(O)O)ccc1OCCCOc1ccccc1. The summed E-state index contributed by atoms with van der Waals surface area (Å²) in [6.45, 7) is 3.02. The first-order chi connectivity index (χ1) is 10.2.